The van der Waals surface area contributed by atoms with Crippen molar-refractivity contribution in [2.45, 2.75) is 57.5 Å². The summed E-state index contributed by atoms with van der Waals surface area (Å²) in [5.41, 5.74) is 0. The minimum absolute atomic E-state index is 0.306. The molecule has 1 aliphatic rings. The Morgan fingerprint density at radius 1 is 1.07 bits per heavy atom. The van der Waals surface area contributed by atoms with Crippen LogP contribution in [0.2, 0.25) is 30.8 Å². The molecule has 1 rings (SSSR count). The summed E-state index contributed by atoms with van der Waals surface area (Å²) >= 11 is 0. The normalized spacial score (nSPS) is 20.8. The monoisotopic (exact) mass is 228 g/mol. The maximum atomic E-state index is 2.79. The Bertz CT molecular complexity index is 190. The van der Waals surface area contributed by atoms with Crippen LogP contribution >= 0.6 is 0 Å². The van der Waals surface area contributed by atoms with Gasteiger partial charge in [-0.2, -0.15) is 0 Å². The maximum Gasteiger partial charge on any atom is 0.136 e. The van der Waals surface area contributed by atoms with Crippen LogP contribution in [0, 0.1) is 0 Å². The fourth-order valence-corrected chi connectivity index (χ4v) is 8.58. The van der Waals surface area contributed by atoms with Gasteiger partial charge in [0.05, 0.1) is 0 Å². The third-order valence-corrected chi connectivity index (χ3v) is 14.7. The largest absolute Gasteiger partial charge is 0.324 e. The maximum absolute atomic E-state index is 2.79. The van der Waals surface area contributed by atoms with E-state index in [1.165, 1.54) is 25.9 Å². The van der Waals surface area contributed by atoms with Crippen molar-refractivity contribution in [1.82, 2.24) is 4.57 Å². The Morgan fingerprint density at radius 2 is 1.50 bits per heavy atom. The quantitative estimate of drug-likeness (QED) is 0.670. The summed E-state index contributed by atoms with van der Waals surface area (Å²) in [6.45, 7) is 17.9. The molecule has 1 radical (unpaired) electrons. The van der Waals surface area contributed by atoms with Gasteiger partial charge in [0.25, 0.3) is 0 Å². The van der Waals surface area contributed by atoms with Gasteiger partial charge in [-0.15, -0.1) is 0 Å². The van der Waals surface area contributed by atoms with E-state index in [2.05, 4.69) is 44.6 Å². The first-order valence-corrected chi connectivity index (χ1v) is 11.3. The first-order valence-electron chi connectivity index (χ1n) is 5.86. The van der Waals surface area contributed by atoms with Crippen molar-refractivity contribution in [3.8, 4) is 0 Å². The second-order valence-corrected chi connectivity index (χ2v) is 15.5. The summed E-state index contributed by atoms with van der Waals surface area (Å²) in [4.78, 5) is 0. The lowest BCUT2D eigenvalue weighted by Gasteiger charge is -2.44. The Labute approximate surface area is 92.6 Å². The molecule has 0 bridgehead atoms. The molecule has 83 valence electrons. The first-order chi connectivity index (χ1) is 6.27. The van der Waals surface area contributed by atoms with Crippen molar-refractivity contribution < 1.29 is 0 Å². The molecule has 0 saturated carbocycles. The van der Waals surface area contributed by atoms with Gasteiger partial charge in [0.15, 0.2) is 0 Å². The van der Waals surface area contributed by atoms with Crippen LogP contribution in [0.5, 0.6) is 0 Å². The lowest BCUT2D eigenvalue weighted by Crippen LogP contribution is -2.52. The van der Waals surface area contributed by atoms with Gasteiger partial charge in [-0.1, -0.05) is 40.0 Å². The van der Waals surface area contributed by atoms with Crippen LogP contribution in [0.15, 0.2) is 0 Å². The van der Waals surface area contributed by atoms with Gasteiger partial charge in [0.2, 0.25) is 0 Å². The van der Waals surface area contributed by atoms with Crippen LogP contribution in [0.25, 0.3) is 0 Å². The predicted molar refractivity (Wildman–Crippen MR) is 69.8 cm³/mol. The summed E-state index contributed by atoms with van der Waals surface area (Å²) in [5, 5.41) is 0. The molecule has 1 saturated heterocycles. The Morgan fingerprint density at radius 3 is 1.86 bits per heavy atom. The molecule has 0 spiro atoms. The van der Waals surface area contributed by atoms with Crippen molar-refractivity contribution in [2.24, 2.45) is 0 Å². The minimum Gasteiger partial charge on any atom is -0.324 e. The van der Waals surface area contributed by atoms with Gasteiger partial charge < -0.3 is 4.57 Å². The zero-order valence-electron chi connectivity index (χ0n) is 10.8. The van der Waals surface area contributed by atoms with E-state index < -0.39 is 8.07 Å². The third-order valence-electron chi connectivity index (χ3n) is 4.36. The van der Waals surface area contributed by atoms with Crippen LogP contribution in [0.4, 0.5) is 0 Å². The van der Waals surface area contributed by atoms with Crippen molar-refractivity contribution in [3.05, 3.63) is 0 Å². The van der Waals surface area contributed by atoms with Gasteiger partial charge in [0, 0.05) is 8.07 Å². The van der Waals surface area contributed by atoms with Gasteiger partial charge in [0.1, 0.15) is 8.96 Å². The number of hydrogen-bond acceptors (Lipinski definition) is 1. The van der Waals surface area contributed by atoms with E-state index in [0.717, 1.165) is 0 Å². The molecule has 1 aliphatic heterocycles. The van der Waals surface area contributed by atoms with Crippen molar-refractivity contribution in [2.75, 3.05) is 13.1 Å². The topological polar surface area (TPSA) is 3.24 Å². The fraction of sp³-hybridized carbons (Fsp3) is 1.00. The Kier molecular flexibility index (Phi) is 3.65. The molecule has 0 unspecified atom stereocenters. The molecule has 3 heteroatoms. The van der Waals surface area contributed by atoms with Crippen LogP contribution in [0.3, 0.4) is 0 Å². The highest BCUT2D eigenvalue weighted by Crippen LogP contribution is 2.41. The van der Waals surface area contributed by atoms with Gasteiger partial charge in [-0.05, 0) is 30.6 Å². The van der Waals surface area contributed by atoms with E-state index in [0.29, 0.717) is 4.66 Å². The van der Waals surface area contributed by atoms with Crippen LogP contribution in [-0.2, 0) is 0 Å². The first kappa shape index (κ1) is 12.5. The average Bonchev–Trinajstić information content (AvgIpc) is 2.52. The smallest absolute Gasteiger partial charge is 0.136 e. The molecule has 0 aromatic carbocycles. The van der Waals surface area contributed by atoms with Crippen molar-refractivity contribution in [3.63, 3.8) is 0 Å². The number of rotatable bonds is 3. The molecule has 1 heterocycles. The van der Waals surface area contributed by atoms with Gasteiger partial charge in [-0.3, -0.25) is 0 Å². The number of hydrogen-bond donors (Lipinski definition) is 0. The average molecular weight is 229 g/mol. The minimum atomic E-state index is -1.01. The second kappa shape index (κ2) is 4.10. The summed E-state index contributed by atoms with van der Waals surface area (Å²) in [7, 11) is -1.32. The van der Waals surface area contributed by atoms with E-state index >= 15 is 0 Å². The molecule has 0 amide bonds. The van der Waals surface area contributed by atoms with Gasteiger partial charge >= 0.3 is 0 Å². The lowest BCUT2D eigenvalue weighted by molar-refractivity contribution is 0.517. The number of nitrogens with zero attached hydrogens (tertiary/aromatic N) is 1. The van der Waals surface area contributed by atoms with E-state index in [4.69, 9.17) is 0 Å². The zero-order chi connectivity index (χ0) is 11.0. The van der Waals surface area contributed by atoms with E-state index in [-0.39, 0.29) is 8.96 Å². The molecular formula is C11H26NSi2. The lowest BCUT2D eigenvalue weighted by atomic mass is 10.4. The van der Waals surface area contributed by atoms with Crippen LogP contribution < -0.4 is 0 Å². The Hall–Kier alpha value is 0.394. The van der Waals surface area contributed by atoms with Crippen LogP contribution in [0.1, 0.15) is 26.7 Å². The molecule has 0 aliphatic carbocycles. The predicted octanol–water partition coefficient (Wildman–Crippen LogP) is 3.36. The highest BCUT2D eigenvalue weighted by Gasteiger charge is 2.43. The summed E-state index contributed by atoms with van der Waals surface area (Å²) in [6, 6.07) is 0. The molecule has 0 N–H and O–H groups in total. The molecule has 0 aromatic heterocycles. The zero-order valence-corrected chi connectivity index (χ0v) is 12.8. The SMILES string of the molecule is C[Si](N1CCCC1)C(C)(C)[Si](C)(C)C. The van der Waals surface area contributed by atoms with E-state index in [9.17, 15) is 0 Å². The highest BCUT2D eigenvalue weighted by molar-refractivity contribution is 6.90. The van der Waals surface area contributed by atoms with Crippen molar-refractivity contribution >= 4 is 17.0 Å². The Balaban J connectivity index is 2.70. The second-order valence-electron chi connectivity index (χ2n) is 6.15. The molecule has 1 nitrogen and oxygen atoms in total. The third kappa shape index (κ3) is 2.31. The molecular weight excluding hydrogens is 202 g/mol. The molecule has 14 heavy (non-hydrogen) atoms. The standard InChI is InChI=1S/C11H26NSi2/c1-11(2,14(4,5)6)13(3)12-9-7-8-10-12/h7-10H2,1-6H3. The van der Waals surface area contributed by atoms with Crippen LogP contribution in [-0.4, -0.2) is 34.7 Å². The van der Waals surface area contributed by atoms with Crippen molar-refractivity contribution in [1.29, 1.82) is 0 Å². The van der Waals surface area contributed by atoms with Gasteiger partial charge in [-0.25, -0.2) is 0 Å². The summed E-state index contributed by atoms with van der Waals surface area (Å²) in [5.74, 6) is 0. The summed E-state index contributed by atoms with van der Waals surface area (Å²) < 4.78 is 3.42. The summed E-state index contributed by atoms with van der Waals surface area (Å²) in [6.07, 6.45) is 2.87. The molecule has 0 atom stereocenters. The molecule has 1 fully saturated rings. The molecule has 0 aromatic rings. The fourth-order valence-electron chi connectivity index (χ4n) is 1.99. The highest BCUT2D eigenvalue weighted by atomic mass is 28.4. The van der Waals surface area contributed by atoms with E-state index in [1.807, 2.05) is 0 Å². The van der Waals surface area contributed by atoms with E-state index in [1.54, 1.807) is 0 Å².